The molecule has 0 unspecified atom stereocenters. The number of nitrogens with zero attached hydrogens (tertiary/aromatic N) is 2. The second kappa shape index (κ2) is 9.05. The van der Waals surface area contributed by atoms with Gasteiger partial charge >= 0.3 is 0 Å². The maximum Gasteiger partial charge on any atom is 0.129 e. The Morgan fingerprint density at radius 2 is 1.96 bits per heavy atom. The lowest BCUT2D eigenvalue weighted by Crippen LogP contribution is -2.27. The Hall–Kier alpha value is -3.32. The first-order valence-electron chi connectivity index (χ1n) is 9.22. The number of anilines is 2. The molecule has 1 aliphatic heterocycles. The Balaban J connectivity index is 1.92. The van der Waals surface area contributed by atoms with Crippen LogP contribution < -0.4 is 22.1 Å². The van der Waals surface area contributed by atoms with Gasteiger partial charge in [-0.05, 0) is 54.1 Å². The van der Waals surface area contributed by atoms with Crippen LogP contribution in [0.25, 0.3) is 5.57 Å². The summed E-state index contributed by atoms with van der Waals surface area (Å²) in [5.74, 6) is 0.844. The highest BCUT2D eigenvalue weighted by Crippen LogP contribution is 2.24. The van der Waals surface area contributed by atoms with Crippen LogP contribution >= 0.6 is 0 Å². The lowest BCUT2D eigenvalue weighted by molar-refractivity contribution is 0.152. The fourth-order valence-corrected chi connectivity index (χ4v) is 3.18. The molecule has 0 radical (unpaired) electrons. The summed E-state index contributed by atoms with van der Waals surface area (Å²) in [6.45, 7) is 3.12. The molecule has 7 heteroatoms. The largest absolute Gasteiger partial charge is 0.405 e. The zero-order valence-corrected chi connectivity index (χ0v) is 15.8. The predicted molar refractivity (Wildman–Crippen MR) is 114 cm³/mol. The minimum absolute atomic E-state index is 0.335. The second-order valence-electron chi connectivity index (χ2n) is 6.51. The number of aromatic nitrogens is 1. The number of nitrogens with two attached hydrogens (primary N) is 3. The van der Waals surface area contributed by atoms with Crippen LogP contribution in [-0.4, -0.2) is 37.0 Å². The van der Waals surface area contributed by atoms with Gasteiger partial charge < -0.3 is 26.8 Å². The van der Waals surface area contributed by atoms with Crippen molar-refractivity contribution in [1.82, 2.24) is 4.98 Å². The molecule has 7 nitrogen and oxygen atoms in total. The maximum atomic E-state index is 8.72. The molecule has 1 fully saturated rings. The average Bonchev–Trinajstić information content (AvgIpc) is 3.02. The van der Waals surface area contributed by atoms with E-state index in [1.807, 2.05) is 24.3 Å². The zero-order chi connectivity index (χ0) is 19.9. The van der Waals surface area contributed by atoms with Crippen molar-refractivity contribution in [1.29, 1.82) is 5.41 Å². The second-order valence-corrected chi connectivity index (χ2v) is 6.51. The Morgan fingerprint density at radius 1 is 1.11 bits per heavy atom. The van der Waals surface area contributed by atoms with Crippen molar-refractivity contribution < 1.29 is 4.74 Å². The Morgan fingerprint density at radius 3 is 2.75 bits per heavy atom. The standard InChI is InChI=1S/C21H26N6O/c22-6-4-17(14-23)15-2-3-19(24)18(12-15)21(25)16-5-7-26-20(13-16)27-8-1-10-28-11-9-27/h2-7,12-14,25H,1,8-11,22-24H2/b6-4-,17-14+,25-21?. The summed E-state index contributed by atoms with van der Waals surface area (Å²) in [4.78, 5) is 6.67. The Bertz CT molecular complexity index is 898. The van der Waals surface area contributed by atoms with Crippen molar-refractivity contribution in [2.24, 2.45) is 11.5 Å². The minimum Gasteiger partial charge on any atom is -0.405 e. The topological polar surface area (TPSA) is 127 Å². The number of rotatable bonds is 5. The number of ether oxygens (including phenoxy) is 1. The average molecular weight is 378 g/mol. The quantitative estimate of drug-likeness (QED) is 0.358. The van der Waals surface area contributed by atoms with Gasteiger partial charge in [0.15, 0.2) is 0 Å². The third-order valence-electron chi connectivity index (χ3n) is 4.69. The number of nitrogen functional groups attached to an aromatic ring is 1. The molecule has 2 heterocycles. The minimum atomic E-state index is 0.335. The van der Waals surface area contributed by atoms with Crippen molar-refractivity contribution in [3.8, 4) is 0 Å². The Labute approximate surface area is 165 Å². The molecule has 0 spiro atoms. The van der Waals surface area contributed by atoms with Gasteiger partial charge in [-0.3, -0.25) is 5.41 Å². The molecular weight excluding hydrogens is 352 g/mol. The summed E-state index contributed by atoms with van der Waals surface area (Å²) < 4.78 is 5.52. The first-order chi connectivity index (χ1) is 13.6. The molecule has 3 rings (SSSR count). The number of benzene rings is 1. The number of nitrogens with one attached hydrogen (secondary N) is 1. The summed E-state index contributed by atoms with van der Waals surface area (Å²) in [7, 11) is 0. The first-order valence-corrected chi connectivity index (χ1v) is 9.22. The Kier molecular flexibility index (Phi) is 6.29. The SMILES string of the molecule is N=C(c1ccnc(N2CCCOCC2)c1)c1cc(C(/C=C\N)=C/N)ccc1N. The van der Waals surface area contributed by atoms with Crippen LogP contribution in [0.2, 0.25) is 0 Å². The summed E-state index contributed by atoms with van der Waals surface area (Å²) in [6.07, 6.45) is 7.31. The van der Waals surface area contributed by atoms with E-state index in [2.05, 4.69) is 9.88 Å². The lowest BCUT2D eigenvalue weighted by atomic mass is 9.96. The molecule has 1 aromatic heterocycles. The summed E-state index contributed by atoms with van der Waals surface area (Å²) in [5.41, 5.74) is 21.2. The summed E-state index contributed by atoms with van der Waals surface area (Å²) >= 11 is 0. The molecule has 28 heavy (non-hydrogen) atoms. The van der Waals surface area contributed by atoms with Gasteiger partial charge in [0.2, 0.25) is 0 Å². The van der Waals surface area contributed by atoms with Crippen molar-refractivity contribution in [2.75, 3.05) is 36.9 Å². The van der Waals surface area contributed by atoms with Crippen molar-refractivity contribution >= 4 is 22.8 Å². The monoisotopic (exact) mass is 378 g/mol. The molecule has 0 atom stereocenters. The van der Waals surface area contributed by atoms with Crippen molar-refractivity contribution in [3.05, 3.63) is 71.7 Å². The van der Waals surface area contributed by atoms with Crippen molar-refractivity contribution in [2.45, 2.75) is 6.42 Å². The van der Waals surface area contributed by atoms with Crippen LogP contribution in [0, 0.1) is 5.41 Å². The molecule has 0 aliphatic carbocycles. The highest BCUT2D eigenvalue weighted by molar-refractivity contribution is 6.14. The molecule has 1 aromatic carbocycles. The number of hydrogen-bond donors (Lipinski definition) is 4. The third kappa shape index (κ3) is 4.32. The molecule has 0 bridgehead atoms. The first kappa shape index (κ1) is 19.4. The number of allylic oxidation sites excluding steroid dienone is 2. The van der Waals surface area contributed by atoms with E-state index in [0.717, 1.165) is 48.6 Å². The molecule has 1 aliphatic rings. The maximum absolute atomic E-state index is 8.72. The van der Waals surface area contributed by atoms with Gasteiger partial charge in [0.1, 0.15) is 5.82 Å². The molecule has 7 N–H and O–H groups in total. The lowest BCUT2D eigenvalue weighted by Gasteiger charge is -2.21. The van der Waals surface area contributed by atoms with Gasteiger partial charge in [-0.15, -0.1) is 0 Å². The van der Waals surface area contributed by atoms with Crippen LogP contribution in [0.4, 0.5) is 11.5 Å². The van der Waals surface area contributed by atoms with Gasteiger partial charge in [0, 0.05) is 48.9 Å². The van der Waals surface area contributed by atoms with Crippen LogP contribution in [0.15, 0.2) is 55.0 Å². The van der Waals surface area contributed by atoms with E-state index >= 15 is 0 Å². The smallest absolute Gasteiger partial charge is 0.129 e. The summed E-state index contributed by atoms with van der Waals surface area (Å²) in [6, 6.07) is 9.25. The molecule has 2 aromatic rings. The van der Waals surface area contributed by atoms with E-state index in [1.54, 1.807) is 18.3 Å². The normalized spacial score (nSPS) is 15.6. The van der Waals surface area contributed by atoms with E-state index in [1.165, 1.54) is 12.4 Å². The predicted octanol–water partition coefficient (Wildman–Crippen LogP) is 2.08. The van der Waals surface area contributed by atoms with Gasteiger partial charge in [0.05, 0.1) is 12.3 Å². The van der Waals surface area contributed by atoms with Crippen LogP contribution in [0.1, 0.15) is 23.1 Å². The van der Waals surface area contributed by atoms with Gasteiger partial charge in [-0.2, -0.15) is 0 Å². The fourth-order valence-electron chi connectivity index (χ4n) is 3.18. The van der Waals surface area contributed by atoms with E-state index < -0.39 is 0 Å². The van der Waals surface area contributed by atoms with Crippen molar-refractivity contribution in [3.63, 3.8) is 0 Å². The molecule has 146 valence electrons. The van der Waals surface area contributed by atoms with Gasteiger partial charge in [-0.1, -0.05) is 6.07 Å². The van der Waals surface area contributed by atoms with E-state index in [9.17, 15) is 0 Å². The molecule has 0 amide bonds. The highest BCUT2D eigenvalue weighted by atomic mass is 16.5. The van der Waals surface area contributed by atoms with Crippen LogP contribution in [-0.2, 0) is 4.74 Å². The highest BCUT2D eigenvalue weighted by Gasteiger charge is 2.15. The number of hydrogen-bond acceptors (Lipinski definition) is 7. The molecule has 1 saturated heterocycles. The van der Waals surface area contributed by atoms with E-state index in [0.29, 0.717) is 23.6 Å². The van der Waals surface area contributed by atoms with E-state index in [-0.39, 0.29) is 0 Å². The fraction of sp³-hybridized carbons (Fsp3) is 0.238. The van der Waals surface area contributed by atoms with Gasteiger partial charge in [0.25, 0.3) is 0 Å². The zero-order valence-electron chi connectivity index (χ0n) is 15.8. The summed E-state index contributed by atoms with van der Waals surface area (Å²) in [5, 5.41) is 8.72. The van der Waals surface area contributed by atoms with Gasteiger partial charge in [-0.25, -0.2) is 4.98 Å². The van der Waals surface area contributed by atoms with E-state index in [4.69, 9.17) is 27.3 Å². The number of pyridine rings is 1. The van der Waals surface area contributed by atoms with Crippen LogP contribution in [0.3, 0.4) is 0 Å². The third-order valence-corrected chi connectivity index (χ3v) is 4.69. The molecular formula is C21H26N6O. The molecule has 0 saturated carbocycles. The van der Waals surface area contributed by atoms with Crippen LogP contribution in [0.5, 0.6) is 0 Å².